The quantitative estimate of drug-likeness (QED) is 0.752. The molecule has 1 fully saturated rings. The zero-order valence-electron chi connectivity index (χ0n) is 13.0. The van der Waals surface area contributed by atoms with E-state index in [1.807, 2.05) is 19.1 Å². The summed E-state index contributed by atoms with van der Waals surface area (Å²) in [5.41, 5.74) is 1.75. The Labute approximate surface area is 137 Å². The van der Waals surface area contributed by atoms with Gasteiger partial charge in [0, 0.05) is 49.9 Å². The minimum absolute atomic E-state index is 0.00112. The molecule has 1 amide bonds. The van der Waals surface area contributed by atoms with Gasteiger partial charge in [-0.2, -0.15) is 0 Å². The summed E-state index contributed by atoms with van der Waals surface area (Å²) in [5.74, 6) is -0.00112. The number of carbonyl (C=O) groups excluding carboxylic acids is 1. The van der Waals surface area contributed by atoms with E-state index in [1.54, 1.807) is 6.07 Å². The number of nitrogens with one attached hydrogen (secondary N) is 2. The van der Waals surface area contributed by atoms with Crippen LogP contribution in [0.25, 0.3) is 0 Å². The molecule has 0 atom stereocenters. The zero-order chi connectivity index (χ0) is 15.8. The number of hydrogen-bond acceptors (Lipinski definition) is 4. The Balaban J connectivity index is 1.58. The van der Waals surface area contributed by atoms with Crippen LogP contribution in [0, 0.1) is 6.92 Å². The van der Waals surface area contributed by atoms with Crippen molar-refractivity contribution in [3.05, 3.63) is 28.8 Å². The van der Waals surface area contributed by atoms with E-state index in [0.717, 1.165) is 50.6 Å². The van der Waals surface area contributed by atoms with Crippen LogP contribution < -0.4 is 10.6 Å². The Bertz CT molecular complexity index is 490. The van der Waals surface area contributed by atoms with Crippen LogP contribution in [0.1, 0.15) is 12.0 Å². The van der Waals surface area contributed by atoms with Crippen LogP contribution in [0.5, 0.6) is 0 Å². The summed E-state index contributed by atoms with van der Waals surface area (Å²) in [5, 5.41) is 6.83. The van der Waals surface area contributed by atoms with E-state index in [4.69, 9.17) is 16.3 Å². The lowest BCUT2D eigenvalue weighted by molar-refractivity contribution is -0.116. The molecule has 0 aromatic heterocycles. The minimum Gasteiger partial charge on any atom is -0.379 e. The summed E-state index contributed by atoms with van der Waals surface area (Å²) in [4.78, 5) is 14.2. The highest BCUT2D eigenvalue weighted by molar-refractivity contribution is 6.31. The molecular formula is C16H24ClN3O2. The first-order valence-corrected chi connectivity index (χ1v) is 8.10. The van der Waals surface area contributed by atoms with Crippen molar-refractivity contribution < 1.29 is 9.53 Å². The average molecular weight is 326 g/mol. The molecule has 5 nitrogen and oxygen atoms in total. The molecule has 1 aliphatic rings. The number of anilines is 1. The Morgan fingerprint density at radius 1 is 1.32 bits per heavy atom. The molecule has 1 aromatic rings. The summed E-state index contributed by atoms with van der Waals surface area (Å²) < 4.78 is 5.31. The zero-order valence-corrected chi connectivity index (χ0v) is 13.8. The topological polar surface area (TPSA) is 53.6 Å². The van der Waals surface area contributed by atoms with Gasteiger partial charge in [-0.05, 0) is 24.6 Å². The Hall–Kier alpha value is -1.14. The third-order valence-corrected chi connectivity index (χ3v) is 4.10. The third kappa shape index (κ3) is 5.93. The fraction of sp³-hybridized carbons (Fsp3) is 0.562. The molecule has 1 aliphatic heterocycles. The fourth-order valence-corrected chi connectivity index (χ4v) is 2.46. The molecule has 0 spiro atoms. The van der Waals surface area contributed by atoms with E-state index in [-0.39, 0.29) is 5.91 Å². The highest BCUT2D eigenvalue weighted by atomic mass is 35.5. The van der Waals surface area contributed by atoms with Crippen LogP contribution in [0.2, 0.25) is 5.02 Å². The van der Waals surface area contributed by atoms with E-state index in [2.05, 4.69) is 15.5 Å². The normalized spacial score (nSPS) is 15.7. The van der Waals surface area contributed by atoms with Crippen molar-refractivity contribution >= 4 is 23.2 Å². The second-order valence-electron chi connectivity index (χ2n) is 5.47. The molecule has 0 bridgehead atoms. The largest absolute Gasteiger partial charge is 0.379 e. The van der Waals surface area contributed by atoms with Crippen molar-refractivity contribution in [3.8, 4) is 0 Å². The van der Waals surface area contributed by atoms with Gasteiger partial charge < -0.3 is 15.4 Å². The van der Waals surface area contributed by atoms with E-state index in [9.17, 15) is 4.79 Å². The van der Waals surface area contributed by atoms with Gasteiger partial charge in [-0.15, -0.1) is 0 Å². The first kappa shape index (κ1) is 17.2. The number of ether oxygens (including phenoxy) is 1. The van der Waals surface area contributed by atoms with E-state index in [1.165, 1.54) is 0 Å². The molecule has 2 rings (SSSR count). The van der Waals surface area contributed by atoms with Crippen molar-refractivity contribution in [1.82, 2.24) is 10.2 Å². The predicted octanol–water partition coefficient (Wildman–Crippen LogP) is 1.90. The van der Waals surface area contributed by atoms with Crippen molar-refractivity contribution in [1.29, 1.82) is 0 Å². The Kier molecular flexibility index (Phi) is 7.12. The van der Waals surface area contributed by atoms with Crippen molar-refractivity contribution in [2.45, 2.75) is 13.3 Å². The lowest BCUT2D eigenvalue weighted by atomic mass is 10.2. The Morgan fingerprint density at radius 3 is 2.82 bits per heavy atom. The number of carbonyl (C=O) groups is 1. The molecule has 122 valence electrons. The van der Waals surface area contributed by atoms with E-state index < -0.39 is 0 Å². The number of rotatable bonds is 7. The monoisotopic (exact) mass is 325 g/mol. The molecular weight excluding hydrogens is 302 g/mol. The van der Waals surface area contributed by atoms with Crippen LogP contribution >= 0.6 is 11.6 Å². The molecule has 1 heterocycles. The molecule has 1 saturated heterocycles. The molecule has 0 radical (unpaired) electrons. The van der Waals surface area contributed by atoms with Crippen molar-refractivity contribution in [3.63, 3.8) is 0 Å². The van der Waals surface area contributed by atoms with E-state index in [0.29, 0.717) is 18.0 Å². The highest BCUT2D eigenvalue weighted by Crippen LogP contribution is 2.19. The molecule has 0 unspecified atom stereocenters. The van der Waals surface area contributed by atoms with Crippen LogP contribution in [0.15, 0.2) is 18.2 Å². The standard InChI is InChI=1S/C16H24ClN3O2/c1-13-2-3-14(12-15(13)17)19-16(21)4-5-18-6-7-20-8-10-22-11-9-20/h2-3,12,18H,4-11H2,1H3,(H,19,21). The molecule has 22 heavy (non-hydrogen) atoms. The van der Waals surface area contributed by atoms with Gasteiger partial charge in [-0.25, -0.2) is 0 Å². The summed E-state index contributed by atoms with van der Waals surface area (Å²) in [6.07, 6.45) is 0.453. The third-order valence-electron chi connectivity index (χ3n) is 3.69. The van der Waals surface area contributed by atoms with Gasteiger partial charge in [0.25, 0.3) is 0 Å². The number of amides is 1. The number of halogens is 1. The van der Waals surface area contributed by atoms with Crippen molar-refractivity contribution in [2.24, 2.45) is 0 Å². The number of morpholine rings is 1. The summed E-state index contributed by atoms with van der Waals surface area (Å²) in [6, 6.07) is 5.55. The summed E-state index contributed by atoms with van der Waals surface area (Å²) >= 11 is 6.04. The smallest absolute Gasteiger partial charge is 0.225 e. The first-order valence-electron chi connectivity index (χ1n) is 7.72. The maximum Gasteiger partial charge on any atom is 0.225 e. The van der Waals surface area contributed by atoms with E-state index >= 15 is 0 Å². The Morgan fingerprint density at radius 2 is 2.09 bits per heavy atom. The SMILES string of the molecule is Cc1ccc(NC(=O)CCNCCN2CCOCC2)cc1Cl. The van der Waals surface area contributed by atoms with Crippen LogP contribution in [0.3, 0.4) is 0 Å². The van der Waals surface area contributed by atoms with Gasteiger partial charge >= 0.3 is 0 Å². The lowest BCUT2D eigenvalue weighted by Crippen LogP contribution is -2.40. The van der Waals surface area contributed by atoms with Gasteiger partial charge in [0.05, 0.1) is 13.2 Å². The minimum atomic E-state index is -0.00112. The van der Waals surface area contributed by atoms with Crippen LogP contribution in [-0.2, 0) is 9.53 Å². The predicted molar refractivity (Wildman–Crippen MR) is 89.6 cm³/mol. The second-order valence-corrected chi connectivity index (χ2v) is 5.87. The lowest BCUT2D eigenvalue weighted by Gasteiger charge is -2.26. The van der Waals surface area contributed by atoms with Gasteiger partial charge in [0.15, 0.2) is 0 Å². The van der Waals surface area contributed by atoms with Crippen LogP contribution in [0.4, 0.5) is 5.69 Å². The highest BCUT2D eigenvalue weighted by Gasteiger charge is 2.09. The first-order chi connectivity index (χ1) is 10.6. The maximum atomic E-state index is 11.9. The van der Waals surface area contributed by atoms with Gasteiger partial charge in [-0.3, -0.25) is 9.69 Å². The number of nitrogens with zero attached hydrogens (tertiary/aromatic N) is 1. The van der Waals surface area contributed by atoms with Gasteiger partial charge in [-0.1, -0.05) is 17.7 Å². The average Bonchev–Trinajstić information content (AvgIpc) is 2.52. The number of aryl methyl sites for hydroxylation is 1. The summed E-state index contributed by atoms with van der Waals surface area (Å²) in [6.45, 7) is 8.14. The van der Waals surface area contributed by atoms with Crippen LogP contribution in [-0.4, -0.2) is 56.7 Å². The molecule has 1 aromatic carbocycles. The molecule has 0 aliphatic carbocycles. The second kappa shape index (κ2) is 9.10. The van der Waals surface area contributed by atoms with Gasteiger partial charge in [0.2, 0.25) is 5.91 Å². The maximum absolute atomic E-state index is 11.9. The molecule has 0 saturated carbocycles. The molecule has 2 N–H and O–H groups in total. The summed E-state index contributed by atoms with van der Waals surface area (Å²) in [7, 11) is 0. The number of hydrogen-bond donors (Lipinski definition) is 2. The number of benzene rings is 1. The van der Waals surface area contributed by atoms with Crippen molar-refractivity contribution in [2.75, 3.05) is 51.3 Å². The fourth-order valence-electron chi connectivity index (χ4n) is 2.28. The molecule has 6 heteroatoms. The van der Waals surface area contributed by atoms with Gasteiger partial charge in [0.1, 0.15) is 0 Å².